The maximum atomic E-state index is 14.8. The van der Waals surface area contributed by atoms with Crippen LogP contribution in [-0.2, 0) is 9.47 Å². The molecule has 1 aromatic carbocycles. The predicted octanol–water partition coefficient (Wildman–Crippen LogP) is 3.26. The van der Waals surface area contributed by atoms with Gasteiger partial charge in [-0.05, 0) is 38.8 Å². The van der Waals surface area contributed by atoms with Crippen molar-refractivity contribution in [3.05, 3.63) is 48.6 Å². The van der Waals surface area contributed by atoms with Gasteiger partial charge in [0, 0.05) is 31.0 Å². The minimum Gasteiger partial charge on any atom is -0.473 e. The molecule has 1 N–H and O–H groups in total. The fourth-order valence-electron chi connectivity index (χ4n) is 4.82. The van der Waals surface area contributed by atoms with Gasteiger partial charge in [0.2, 0.25) is 5.88 Å². The highest BCUT2D eigenvalue weighted by Gasteiger charge is 2.47. The van der Waals surface area contributed by atoms with Crippen LogP contribution in [-0.4, -0.2) is 73.7 Å². The van der Waals surface area contributed by atoms with E-state index in [9.17, 15) is 9.18 Å². The standard InChI is InChI=1S/C25H28FN7O4/c1-15-22(31-20-4-3-18(7-19(20)26)33-14-27-12-30-33)28-13-29-23(15)36-21-16-8-32(9-17(21)11-35-10-16)24(34)37-25(2)5-6-25/h3-4,7,12-14,16-17,21H,5-6,8-11H2,1-2H3,(H,28,29,31). The summed E-state index contributed by atoms with van der Waals surface area (Å²) in [6.07, 6.45) is 5.66. The first-order chi connectivity index (χ1) is 17.9. The number of hydrogen-bond acceptors (Lipinski definition) is 9. The van der Waals surface area contributed by atoms with Gasteiger partial charge in [-0.3, -0.25) is 0 Å². The lowest BCUT2D eigenvalue weighted by atomic mass is 9.84. The Kier molecular flexibility index (Phi) is 5.90. The third-order valence-corrected chi connectivity index (χ3v) is 7.22. The van der Waals surface area contributed by atoms with Crippen molar-refractivity contribution < 1.29 is 23.4 Å². The first kappa shape index (κ1) is 23.6. The minimum atomic E-state index is -0.459. The number of aromatic nitrogens is 5. The van der Waals surface area contributed by atoms with Crippen LogP contribution in [0.5, 0.6) is 5.88 Å². The normalized spacial score (nSPS) is 23.9. The number of anilines is 2. The number of piperidine rings is 1. The van der Waals surface area contributed by atoms with Crippen LogP contribution in [0.25, 0.3) is 5.69 Å². The zero-order valence-corrected chi connectivity index (χ0v) is 20.6. The van der Waals surface area contributed by atoms with Crippen LogP contribution >= 0.6 is 0 Å². The van der Waals surface area contributed by atoms with Crippen LogP contribution in [0.4, 0.5) is 20.7 Å². The van der Waals surface area contributed by atoms with Crippen molar-refractivity contribution in [2.24, 2.45) is 11.8 Å². The first-order valence-electron chi connectivity index (χ1n) is 12.3. The molecule has 1 saturated carbocycles. The lowest BCUT2D eigenvalue weighted by Crippen LogP contribution is -2.59. The molecule has 2 bridgehead atoms. The van der Waals surface area contributed by atoms with Gasteiger partial charge < -0.3 is 24.4 Å². The summed E-state index contributed by atoms with van der Waals surface area (Å²) in [5.74, 6) is 0.372. The Labute approximate surface area is 213 Å². The summed E-state index contributed by atoms with van der Waals surface area (Å²) in [5, 5.41) is 7.07. The van der Waals surface area contributed by atoms with Gasteiger partial charge >= 0.3 is 6.09 Å². The molecule has 2 aliphatic heterocycles. The van der Waals surface area contributed by atoms with Gasteiger partial charge in [-0.25, -0.2) is 28.8 Å². The number of nitrogens with zero attached hydrogens (tertiary/aromatic N) is 6. The van der Waals surface area contributed by atoms with Gasteiger partial charge in [-0.1, -0.05) is 0 Å². The maximum Gasteiger partial charge on any atom is 0.410 e. The van der Waals surface area contributed by atoms with E-state index in [4.69, 9.17) is 14.2 Å². The molecule has 194 valence electrons. The molecular formula is C25H28FN7O4. The van der Waals surface area contributed by atoms with Gasteiger partial charge in [-0.2, -0.15) is 5.10 Å². The molecule has 1 aliphatic carbocycles. The smallest absolute Gasteiger partial charge is 0.410 e. The zero-order valence-electron chi connectivity index (χ0n) is 20.6. The Hall–Kier alpha value is -3.80. The molecule has 3 aliphatic rings. The summed E-state index contributed by atoms with van der Waals surface area (Å²) in [6, 6.07) is 4.72. The van der Waals surface area contributed by atoms with E-state index in [2.05, 4.69) is 25.4 Å². The van der Waals surface area contributed by atoms with E-state index in [1.165, 1.54) is 29.7 Å². The summed E-state index contributed by atoms with van der Waals surface area (Å²) in [4.78, 5) is 27.0. The Morgan fingerprint density at radius 1 is 1.19 bits per heavy atom. The molecule has 11 nitrogen and oxygen atoms in total. The van der Waals surface area contributed by atoms with E-state index in [0.717, 1.165) is 12.8 Å². The highest BCUT2D eigenvalue weighted by Crippen LogP contribution is 2.40. The number of amides is 1. The number of likely N-dealkylation sites (tertiary alicyclic amines) is 1. The number of hydrogen-bond donors (Lipinski definition) is 1. The third kappa shape index (κ3) is 4.80. The topological polar surface area (TPSA) is 117 Å². The Bertz CT molecular complexity index is 1290. The fraction of sp³-hybridized carbons (Fsp3) is 0.480. The van der Waals surface area contributed by atoms with Crippen molar-refractivity contribution in [3.8, 4) is 11.6 Å². The van der Waals surface area contributed by atoms with E-state index < -0.39 is 5.82 Å². The Balaban J connectivity index is 1.16. The van der Waals surface area contributed by atoms with Crippen molar-refractivity contribution in [1.29, 1.82) is 0 Å². The molecule has 4 heterocycles. The molecule has 2 saturated heterocycles. The molecule has 1 amide bonds. The second kappa shape index (κ2) is 9.25. The minimum absolute atomic E-state index is 0.0143. The number of fused-ring (bicyclic) bond motifs is 2. The molecule has 0 spiro atoms. The number of nitrogens with one attached hydrogen (secondary N) is 1. The molecule has 6 rings (SSSR count). The second-order valence-electron chi connectivity index (χ2n) is 10.1. The van der Waals surface area contributed by atoms with Gasteiger partial charge in [0.1, 0.15) is 42.3 Å². The van der Waals surface area contributed by atoms with E-state index in [1.807, 2.05) is 13.8 Å². The second-order valence-corrected chi connectivity index (χ2v) is 10.1. The molecule has 12 heteroatoms. The largest absolute Gasteiger partial charge is 0.473 e. The lowest BCUT2D eigenvalue weighted by molar-refractivity contribution is -0.111. The first-order valence-corrected chi connectivity index (χ1v) is 12.3. The quantitative estimate of drug-likeness (QED) is 0.534. The average molecular weight is 510 g/mol. The van der Waals surface area contributed by atoms with Crippen molar-refractivity contribution >= 4 is 17.6 Å². The van der Waals surface area contributed by atoms with Crippen LogP contribution in [0.1, 0.15) is 25.3 Å². The van der Waals surface area contributed by atoms with E-state index >= 15 is 0 Å². The number of carbonyl (C=O) groups is 1. The van der Waals surface area contributed by atoms with Crippen molar-refractivity contribution in [2.45, 2.75) is 38.4 Å². The zero-order chi connectivity index (χ0) is 25.6. The van der Waals surface area contributed by atoms with E-state index in [-0.39, 0.29) is 35.3 Å². The third-order valence-electron chi connectivity index (χ3n) is 7.22. The van der Waals surface area contributed by atoms with Crippen LogP contribution < -0.4 is 10.1 Å². The number of ether oxygens (including phenoxy) is 3. The molecule has 2 atom stereocenters. The fourth-order valence-corrected chi connectivity index (χ4v) is 4.82. The van der Waals surface area contributed by atoms with Crippen molar-refractivity contribution in [3.63, 3.8) is 0 Å². The van der Waals surface area contributed by atoms with E-state index in [1.54, 1.807) is 17.0 Å². The van der Waals surface area contributed by atoms with Crippen molar-refractivity contribution in [1.82, 2.24) is 29.6 Å². The van der Waals surface area contributed by atoms with Gasteiger partial charge in [0.05, 0.1) is 30.2 Å². The summed E-state index contributed by atoms with van der Waals surface area (Å²) in [6.45, 7) is 5.75. The molecule has 3 aromatic rings. The van der Waals surface area contributed by atoms with Crippen LogP contribution in [0, 0.1) is 24.6 Å². The summed E-state index contributed by atoms with van der Waals surface area (Å²) < 4.78 is 34.2. The number of benzene rings is 1. The van der Waals surface area contributed by atoms with Crippen LogP contribution in [0.2, 0.25) is 0 Å². The monoisotopic (exact) mass is 509 g/mol. The van der Waals surface area contributed by atoms with Gasteiger partial charge in [0.25, 0.3) is 0 Å². The number of rotatable bonds is 6. The average Bonchev–Trinajstić information content (AvgIpc) is 3.35. The number of halogens is 1. The molecule has 0 radical (unpaired) electrons. The molecule has 37 heavy (non-hydrogen) atoms. The number of carbonyl (C=O) groups excluding carboxylic acids is 1. The van der Waals surface area contributed by atoms with Crippen LogP contribution in [0.3, 0.4) is 0 Å². The molecule has 3 fully saturated rings. The van der Waals surface area contributed by atoms with Crippen LogP contribution in [0.15, 0.2) is 37.2 Å². The maximum absolute atomic E-state index is 14.8. The Morgan fingerprint density at radius 2 is 1.97 bits per heavy atom. The van der Waals surface area contributed by atoms with Gasteiger partial charge in [-0.15, -0.1) is 0 Å². The highest BCUT2D eigenvalue weighted by atomic mass is 19.1. The van der Waals surface area contributed by atoms with Crippen molar-refractivity contribution in [2.75, 3.05) is 31.6 Å². The predicted molar refractivity (Wildman–Crippen MR) is 129 cm³/mol. The summed E-state index contributed by atoms with van der Waals surface area (Å²) >= 11 is 0. The molecule has 2 aromatic heterocycles. The Morgan fingerprint density at radius 3 is 2.65 bits per heavy atom. The molecular weight excluding hydrogens is 481 g/mol. The summed E-state index contributed by atoms with van der Waals surface area (Å²) in [7, 11) is 0. The molecule has 2 unspecified atom stereocenters. The lowest BCUT2D eigenvalue weighted by Gasteiger charge is -2.46. The van der Waals surface area contributed by atoms with Gasteiger partial charge in [0.15, 0.2) is 0 Å². The van der Waals surface area contributed by atoms with E-state index in [0.29, 0.717) is 49.3 Å². The SMILES string of the molecule is Cc1c(Nc2ccc(-n3cncn3)cc2F)ncnc1OC1C2COCC1CN(C(=O)OC1(C)CC1)C2. The highest BCUT2D eigenvalue weighted by molar-refractivity contribution is 5.69. The summed E-state index contributed by atoms with van der Waals surface area (Å²) in [5.41, 5.74) is 1.16.